The number of fused-ring (bicyclic) bond motifs is 3. The maximum absolute atomic E-state index is 11.9. The summed E-state index contributed by atoms with van der Waals surface area (Å²) in [5, 5.41) is 12.1. The van der Waals surface area contributed by atoms with Crippen LogP contribution < -0.4 is 15.1 Å². The summed E-state index contributed by atoms with van der Waals surface area (Å²) in [6.45, 7) is 3.55. The lowest BCUT2D eigenvalue weighted by Gasteiger charge is -2.43. The molecule has 0 aromatic carbocycles. The molecule has 9 heteroatoms. The van der Waals surface area contributed by atoms with Gasteiger partial charge in [0.1, 0.15) is 12.0 Å². The molecule has 1 aromatic rings. The summed E-state index contributed by atoms with van der Waals surface area (Å²) < 4.78 is 0. The Morgan fingerprint density at radius 3 is 2.68 bits per heavy atom. The number of piperazine rings is 1. The molecule has 134 valence electrons. The molecule has 9 nitrogen and oxygen atoms in total. The van der Waals surface area contributed by atoms with Gasteiger partial charge in [-0.1, -0.05) is 0 Å². The normalized spacial score (nSPS) is 25.0. The van der Waals surface area contributed by atoms with E-state index in [1.807, 2.05) is 9.80 Å². The Labute approximate surface area is 145 Å². The third-order valence-electron chi connectivity index (χ3n) is 5.23. The minimum atomic E-state index is -0.146. The van der Waals surface area contributed by atoms with Crippen LogP contribution in [-0.4, -0.2) is 76.7 Å². The van der Waals surface area contributed by atoms with Crippen molar-refractivity contribution in [3.05, 3.63) is 6.33 Å². The van der Waals surface area contributed by atoms with Gasteiger partial charge in [0.2, 0.25) is 11.8 Å². The average Bonchev–Trinajstić information content (AvgIpc) is 2.85. The Balaban J connectivity index is 1.67. The van der Waals surface area contributed by atoms with Gasteiger partial charge in [0.25, 0.3) is 0 Å². The van der Waals surface area contributed by atoms with Crippen LogP contribution in [0, 0.1) is 0 Å². The van der Waals surface area contributed by atoms with Crippen molar-refractivity contribution < 1.29 is 14.7 Å². The molecule has 0 saturated carbocycles. The van der Waals surface area contributed by atoms with Crippen LogP contribution in [0.2, 0.25) is 0 Å². The third-order valence-corrected chi connectivity index (χ3v) is 5.23. The van der Waals surface area contributed by atoms with Crippen molar-refractivity contribution in [1.82, 2.24) is 14.9 Å². The quantitative estimate of drug-likeness (QED) is 0.755. The Hall–Kier alpha value is -2.42. The number of aromatic nitrogens is 2. The zero-order valence-electron chi connectivity index (χ0n) is 14.2. The highest BCUT2D eigenvalue weighted by Gasteiger charge is 2.42. The SMILES string of the molecule is CC(=O)N1C2CCC1CN(c1ncnc3c1N(CCO)CC(=O)N3)C2. The maximum atomic E-state index is 11.9. The van der Waals surface area contributed by atoms with E-state index in [4.69, 9.17) is 0 Å². The molecule has 4 heterocycles. The molecule has 2 atom stereocenters. The van der Waals surface area contributed by atoms with Crippen molar-refractivity contribution in [1.29, 1.82) is 0 Å². The molecule has 3 aliphatic rings. The summed E-state index contributed by atoms with van der Waals surface area (Å²) in [7, 11) is 0. The smallest absolute Gasteiger partial charge is 0.245 e. The standard InChI is InChI=1S/C16H22N6O3/c1-10(24)22-11-2-3-12(22)7-21(6-11)16-14-15(17-9-18-16)19-13(25)8-20(14)4-5-23/h9,11-12,23H,2-8H2,1H3,(H,17,18,19,25). The number of aliphatic hydroxyl groups excluding tert-OH is 1. The lowest BCUT2D eigenvalue weighted by molar-refractivity contribution is -0.132. The average molecular weight is 346 g/mol. The Kier molecular flexibility index (Phi) is 3.95. The Morgan fingerprint density at radius 2 is 2.04 bits per heavy atom. The van der Waals surface area contributed by atoms with Crippen molar-refractivity contribution >= 4 is 29.1 Å². The maximum Gasteiger partial charge on any atom is 0.245 e. The van der Waals surface area contributed by atoms with E-state index in [1.54, 1.807) is 6.92 Å². The van der Waals surface area contributed by atoms with Crippen molar-refractivity contribution in [3.8, 4) is 0 Å². The molecule has 2 bridgehead atoms. The summed E-state index contributed by atoms with van der Waals surface area (Å²) in [6, 6.07) is 0.401. The fourth-order valence-corrected chi connectivity index (χ4v) is 4.31. The van der Waals surface area contributed by atoms with Crippen molar-refractivity contribution in [3.63, 3.8) is 0 Å². The van der Waals surface area contributed by atoms with Gasteiger partial charge in [-0.25, -0.2) is 9.97 Å². The highest BCUT2D eigenvalue weighted by molar-refractivity contribution is 6.02. The number of anilines is 3. The van der Waals surface area contributed by atoms with Crippen LogP contribution in [0.25, 0.3) is 0 Å². The van der Waals surface area contributed by atoms with Gasteiger partial charge in [0, 0.05) is 38.6 Å². The first kappa shape index (κ1) is 16.1. The van der Waals surface area contributed by atoms with Crippen LogP contribution in [0.1, 0.15) is 19.8 Å². The number of carbonyl (C=O) groups excluding carboxylic acids is 2. The number of hydrogen-bond acceptors (Lipinski definition) is 7. The van der Waals surface area contributed by atoms with Gasteiger partial charge in [-0.15, -0.1) is 0 Å². The topological polar surface area (TPSA) is 102 Å². The summed E-state index contributed by atoms with van der Waals surface area (Å²) >= 11 is 0. The fraction of sp³-hybridized carbons (Fsp3) is 0.625. The monoisotopic (exact) mass is 346 g/mol. The number of aliphatic hydroxyl groups is 1. The fourth-order valence-electron chi connectivity index (χ4n) is 4.31. The lowest BCUT2D eigenvalue weighted by Crippen LogP contribution is -2.56. The molecule has 2 fully saturated rings. The number of rotatable bonds is 3. The van der Waals surface area contributed by atoms with Crippen molar-refractivity contribution in [2.24, 2.45) is 0 Å². The number of amides is 2. The number of nitrogens with zero attached hydrogens (tertiary/aromatic N) is 5. The first-order valence-corrected chi connectivity index (χ1v) is 8.63. The first-order chi connectivity index (χ1) is 12.1. The van der Waals surface area contributed by atoms with Gasteiger partial charge < -0.3 is 25.1 Å². The van der Waals surface area contributed by atoms with Gasteiger partial charge in [-0.2, -0.15) is 0 Å². The summed E-state index contributed by atoms with van der Waals surface area (Å²) in [4.78, 5) is 38.5. The second-order valence-electron chi connectivity index (χ2n) is 6.80. The van der Waals surface area contributed by atoms with Crippen LogP contribution in [0.3, 0.4) is 0 Å². The molecule has 2 N–H and O–H groups in total. The van der Waals surface area contributed by atoms with E-state index < -0.39 is 0 Å². The molecule has 2 amide bonds. The van der Waals surface area contributed by atoms with E-state index in [1.165, 1.54) is 6.33 Å². The summed E-state index contributed by atoms with van der Waals surface area (Å²) in [6.07, 6.45) is 3.46. The predicted octanol–water partition coefficient (Wildman–Crippen LogP) is -0.573. The van der Waals surface area contributed by atoms with Crippen molar-refractivity contribution in [2.75, 3.05) is 47.9 Å². The second-order valence-corrected chi connectivity index (χ2v) is 6.80. The summed E-state index contributed by atoms with van der Waals surface area (Å²) in [5.41, 5.74) is 0.756. The zero-order chi connectivity index (χ0) is 17.6. The molecule has 0 aliphatic carbocycles. The van der Waals surface area contributed by atoms with Crippen molar-refractivity contribution in [2.45, 2.75) is 31.8 Å². The molecule has 0 spiro atoms. The van der Waals surface area contributed by atoms with E-state index in [9.17, 15) is 14.7 Å². The minimum absolute atomic E-state index is 0.0512. The molecule has 3 aliphatic heterocycles. The van der Waals surface area contributed by atoms with E-state index in [0.29, 0.717) is 12.4 Å². The number of nitrogens with one attached hydrogen (secondary N) is 1. The van der Waals surface area contributed by atoms with Gasteiger partial charge >= 0.3 is 0 Å². The largest absolute Gasteiger partial charge is 0.395 e. The highest BCUT2D eigenvalue weighted by Crippen LogP contribution is 2.39. The molecule has 2 unspecified atom stereocenters. The first-order valence-electron chi connectivity index (χ1n) is 8.63. The third kappa shape index (κ3) is 2.68. The van der Waals surface area contributed by atoms with E-state index in [0.717, 1.165) is 37.4 Å². The van der Waals surface area contributed by atoms with E-state index in [2.05, 4.69) is 20.2 Å². The molecule has 1 aromatic heterocycles. The summed E-state index contributed by atoms with van der Waals surface area (Å²) in [5.74, 6) is 1.23. The molecule has 25 heavy (non-hydrogen) atoms. The lowest BCUT2D eigenvalue weighted by atomic mass is 10.1. The van der Waals surface area contributed by atoms with Crippen LogP contribution in [0.4, 0.5) is 17.3 Å². The Bertz CT molecular complexity index is 697. The second kappa shape index (κ2) is 6.14. The minimum Gasteiger partial charge on any atom is -0.395 e. The number of β-amino-alcohol motifs (C(OH)–C–C–N with tert-alkyl or cyclic N) is 1. The van der Waals surface area contributed by atoms with Gasteiger partial charge in [-0.05, 0) is 12.8 Å². The molecule has 2 saturated heterocycles. The highest BCUT2D eigenvalue weighted by atomic mass is 16.3. The predicted molar refractivity (Wildman–Crippen MR) is 91.5 cm³/mol. The molecule has 4 rings (SSSR count). The van der Waals surface area contributed by atoms with E-state index >= 15 is 0 Å². The number of carbonyl (C=O) groups is 2. The van der Waals surface area contributed by atoms with Crippen LogP contribution in [-0.2, 0) is 9.59 Å². The molecular formula is C16H22N6O3. The van der Waals surface area contributed by atoms with Crippen LogP contribution in [0.5, 0.6) is 0 Å². The van der Waals surface area contributed by atoms with Gasteiger partial charge in [0.15, 0.2) is 11.6 Å². The van der Waals surface area contributed by atoms with Crippen LogP contribution in [0.15, 0.2) is 6.33 Å². The van der Waals surface area contributed by atoms with Gasteiger partial charge in [-0.3, -0.25) is 9.59 Å². The zero-order valence-corrected chi connectivity index (χ0v) is 14.2. The molecule has 0 radical (unpaired) electrons. The van der Waals surface area contributed by atoms with Crippen LogP contribution >= 0.6 is 0 Å². The van der Waals surface area contributed by atoms with Gasteiger partial charge in [0.05, 0.1) is 13.2 Å². The number of hydrogen-bond donors (Lipinski definition) is 2. The van der Waals surface area contributed by atoms with E-state index in [-0.39, 0.29) is 37.0 Å². The molecular weight excluding hydrogens is 324 g/mol. The Morgan fingerprint density at radius 1 is 1.32 bits per heavy atom.